The standard InChI is InChI=1S/C20H4F10N6S2/c1-34-17-13(20(35-2)36-3)5-12-16(17)19(38(26,27,28,29)30)11-4-10(9(6-31)7-32)14(8-33)15(11)18(12)37(21,22,23,24)25/h4-5H2. The zero-order valence-corrected chi connectivity index (χ0v) is 19.3. The van der Waals surface area contributed by atoms with Crippen LogP contribution >= 0.6 is 20.4 Å². The Morgan fingerprint density at radius 1 is 0.684 bits per heavy atom. The van der Waals surface area contributed by atoms with Crippen molar-refractivity contribution in [2.24, 2.45) is 0 Å². The van der Waals surface area contributed by atoms with E-state index in [1.54, 1.807) is 0 Å². The number of hydrogen-bond acceptors (Lipinski definition) is 3. The Hall–Kier alpha value is -4.62. The van der Waals surface area contributed by atoms with Gasteiger partial charge in [-0.2, -0.15) is 25.5 Å². The fourth-order valence-corrected chi connectivity index (χ4v) is 6.80. The molecular formula is C20H4F10N6S2. The number of nitriles is 3. The van der Waals surface area contributed by atoms with Gasteiger partial charge < -0.3 is 0 Å². The van der Waals surface area contributed by atoms with Crippen LogP contribution in [0.4, 0.5) is 38.9 Å². The highest BCUT2D eigenvalue weighted by molar-refractivity contribution is 8.46. The highest BCUT2D eigenvalue weighted by atomic mass is 32.5. The Morgan fingerprint density at radius 2 is 1.11 bits per heavy atom. The summed E-state index contributed by atoms with van der Waals surface area (Å²) < 4.78 is 145. The monoisotopic (exact) mass is 582 g/mol. The quantitative estimate of drug-likeness (QED) is 0.210. The van der Waals surface area contributed by atoms with Gasteiger partial charge in [-0.1, -0.05) is 38.9 Å². The maximum Gasteiger partial charge on any atom is 0.512 e. The molecule has 0 fully saturated rings. The third-order valence-corrected chi connectivity index (χ3v) is 7.83. The molecule has 2 aliphatic carbocycles. The molecule has 1 aromatic carbocycles. The predicted octanol–water partition coefficient (Wildman–Crippen LogP) is 7.21. The first kappa shape index (κ1) is 28.0. The average Bonchev–Trinajstić information content (AvgIpc) is 3.27. The van der Waals surface area contributed by atoms with Gasteiger partial charge in [0.15, 0.2) is 5.70 Å². The van der Waals surface area contributed by atoms with Gasteiger partial charge in [0.1, 0.15) is 46.7 Å². The lowest BCUT2D eigenvalue weighted by Crippen LogP contribution is -2.34. The second-order valence-electron chi connectivity index (χ2n) is 7.71. The number of halogens is 10. The molecule has 0 N–H and O–H groups in total. The predicted molar refractivity (Wildman–Crippen MR) is 113 cm³/mol. The van der Waals surface area contributed by atoms with Gasteiger partial charge in [0, 0.05) is 22.4 Å². The van der Waals surface area contributed by atoms with E-state index < -0.39 is 98.5 Å². The summed E-state index contributed by atoms with van der Waals surface area (Å²) in [5, 5.41) is 22.9. The smallest absolute Gasteiger partial charge is 0.238 e. The van der Waals surface area contributed by atoms with Crippen LogP contribution in [0.3, 0.4) is 0 Å². The largest absolute Gasteiger partial charge is 0.512 e. The zero-order valence-electron chi connectivity index (χ0n) is 17.7. The zero-order chi connectivity index (χ0) is 29.4. The van der Waals surface area contributed by atoms with Crippen molar-refractivity contribution in [3.8, 4) is 18.2 Å². The molecule has 0 spiro atoms. The van der Waals surface area contributed by atoms with Crippen molar-refractivity contribution in [2.75, 3.05) is 0 Å². The van der Waals surface area contributed by atoms with E-state index in [1.165, 1.54) is 0 Å². The highest BCUT2D eigenvalue weighted by Gasteiger charge is 2.72. The first-order chi connectivity index (χ1) is 16.9. The van der Waals surface area contributed by atoms with Crippen LogP contribution in [0.25, 0.3) is 25.8 Å². The Balaban J connectivity index is 3.05. The van der Waals surface area contributed by atoms with Crippen LogP contribution in [0.1, 0.15) is 11.1 Å². The van der Waals surface area contributed by atoms with E-state index in [2.05, 4.69) is 14.5 Å². The molecule has 0 bridgehead atoms. The molecule has 0 saturated carbocycles. The first-order valence-electron chi connectivity index (χ1n) is 9.13. The molecule has 0 heterocycles. The van der Waals surface area contributed by atoms with E-state index in [-0.39, 0.29) is 0 Å². The minimum absolute atomic E-state index is 0.909. The van der Waals surface area contributed by atoms with E-state index in [9.17, 15) is 44.1 Å². The number of rotatable bonds is 2. The van der Waals surface area contributed by atoms with Gasteiger partial charge in [0.2, 0.25) is 0 Å². The summed E-state index contributed by atoms with van der Waals surface area (Å²) in [7, 11) is -22.5. The molecular weight excluding hydrogens is 578 g/mol. The molecule has 18 heteroatoms. The maximum absolute atomic E-state index is 14.5. The second kappa shape index (κ2) is 6.62. The van der Waals surface area contributed by atoms with Crippen LogP contribution in [-0.2, 0) is 12.8 Å². The maximum atomic E-state index is 14.5. The van der Waals surface area contributed by atoms with E-state index in [0.29, 0.717) is 0 Å². The van der Waals surface area contributed by atoms with Gasteiger partial charge in [0.25, 0.3) is 0 Å². The Labute approximate surface area is 205 Å². The Kier molecular flexibility index (Phi) is 4.87. The summed E-state index contributed by atoms with van der Waals surface area (Å²) in [5.41, 5.74) is -11.5. The molecule has 0 aromatic heterocycles. The fraction of sp³-hybridized carbons (Fsp3) is 0.100. The van der Waals surface area contributed by atoms with Gasteiger partial charge >= 0.3 is 26.3 Å². The molecule has 0 radical (unpaired) electrons. The molecule has 38 heavy (non-hydrogen) atoms. The minimum atomic E-state index is -11.3. The molecule has 0 atom stereocenters. The molecule has 3 rings (SSSR count). The van der Waals surface area contributed by atoms with Crippen LogP contribution in [-0.4, -0.2) is 0 Å². The Bertz CT molecular complexity index is 1710. The van der Waals surface area contributed by atoms with Crippen molar-refractivity contribution >= 4 is 31.7 Å². The third-order valence-electron chi connectivity index (χ3n) is 5.39. The lowest BCUT2D eigenvalue weighted by molar-refractivity contribution is 0.352. The minimum Gasteiger partial charge on any atom is -0.238 e. The van der Waals surface area contributed by atoms with Crippen molar-refractivity contribution < 1.29 is 38.9 Å². The lowest BCUT2D eigenvalue weighted by atomic mass is 10.0. The van der Waals surface area contributed by atoms with Crippen molar-refractivity contribution in [2.45, 2.75) is 22.6 Å². The van der Waals surface area contributed by atoms with Gasteiger partial charge in [-0.3, -0.25) is 0 Å². The molecule has 0 saturated heterocycles. The molecule has 196 valence electrons. The summed E-state index contributed by atoms with van der Waals surface area (Å²) in [6.07, 6.45) is -3.56. The molecule has 6 nitrogen and oxygen atoms in total. The summed E-state index contributed by atoms with van der Waals surface area (Å²) in [6, 6.07) is 3.03. The van der Waals surface area contributed by atoms with Gasteiger partial charge in [0.05, 0.1) is 17.7 Å². The van der Waals surface area contributed by atoms with E-state index >= 15 is 0 Å². The van der Waals surface area contributed by atoms with E-state index in [0.717, 1.165) is 18.2 Å². The van der Waals surface area contributed by atoms with Crippen molar-refractivity contribution in [1.29, 1.82) is 15.8 Å². The van der Waals surface area contributed by atoms with E-state index in [1.807, 2.05) is 0 Å². The van der Waals surface area contributed by atoms with Crippen LogP contribution < -0.4 is 10.4 Å². The van der Waals surface area contributed by atoms with Crippen molar-refractivity contribution in [1.82, 2.24) is 0 Å². The van der Waals surface area contributed by atoms with E-state index in [4.69, 9.17) is 30.2 Å². The Morgan fingerprint density at radius 3 is 1.47 bits per heavy atom. The van der Waals surface area contributed by atoms with Gasteiger partial charge in [-0.25, -0.2) is 4.85 Å². The normalized spacial score (nSPS) is 18.0. The van der Waals surface area contributed by atoms with Gasteiger partial charge in [-0.15, -0.1) is 0 Å². The number of benzene rings is 1. The lowest BCUT2D eigenvalue weighted by Gasteiger charge is -2.45. The molecule has 0 aliphatic heterocycles. The van der Waals surface area contributed by atoms with Crippen LogP contribution in [0.15, 0.2) is 32.3 Å². The summed E-state index contributed by atoms with van der Waals surface area (Å²) in [5.74, 6) is -1.32. The SMILES string of the molecule is [C-]#[N+]C([N+]#[C-])=C1Cc2c(S(F)(F)(F)(F)F)c3c(c(S(F)(F)(F)(F)F)c2=C1[N+]#[C-])CC(=C(C#N)C#N)C=3C#N. The molecule has 1 aromatic rings. The van der Waals surface area contributed by atoms with Crippen molar-refractivity contribution in [3.05, 3.63) is 78.4 Å². The number of allylic oxidation sites excluding steroid dienone is 2. The first-order valence-corrected chi connectivity index (χ1v) is 13.0. The van der Waals surface area contributed by atoms with Gasteiger partial charge in [-0.05, 0) is 17.5 Å². The molecule has 0 unspecified atom stereocenters. The van der Waals surface area contributed by atoms with Crippen molar-refractivity contribution in [3.63, 3.8) is 0 Å². The average molecular weight is 582 g/mol. The number of fused-ring (bicyclic) bond motifs is 2. The van der Waals surface area contributed by atoms with Crippen LogP contribution in [0.2, 0.25) is 0 Å². The molecule has 2 aliphatic rings. The van der Waals surface area contributed by atoms with Crippen LogP contribution in [0, 0.1) is 53.7 Å². The summed E-state index contributed by atoms with van der Waals surface area (Å²) >= 11 is 0. The molecule has 0 amide bonds. The fourth-order valence-electron chi connectivity index (χ4n) is 4.30. The third kappa shape index (κ3) is 4.17. The number of hydrogen-bond donors (Lipinski definition) is 0. The highest BCUT2D eigenvalue weighted by Crippen LogP contribution is 3.04. The second-order valence-corrected chi connectivity index (χ2v) is 12.4. The summed E-state index contributed by atoms with van der Waals surface area (Å²) in [4.78, 5) is 1.19. The number of nitrogens with zero attached hydrogens (tertiary/aromatic N) is 6. The summed E-state index contributed by atoms with van der Waals surface area (Å²) in [6.45, 7) is 21.0. The topological polar surface area (TPSA) is 84.5 Å². The van der Waals surface area contributed by atoms with Crippen LogP contribution in [0.5, 0.6) is 0 Å².